The average Bonchev–Trinajstić information content (AvgIpc) is 3.82. The number of carbonyl (C=O) groups is 8. The Bertz CT molecular complexity index is 1800. The summed E-state index contributed by atoms with van der Waals surface area (Å²) in [5.41, 5.74) is 17.4. The van der Waals surface area contributed by atoms with Gasteiger partial charge in [0.25, 0.3) is 0 Å². The van der Waals surface area contributed by atoms with Crippen LogP contribution in [0.5, 0.6) is 0 Å². The molecule has 1 aromatic heterocycles. The average molecular weight is 835 g/mol. The van der Waals surface area contributed by atoms with Gasteiger partial charge in [-0.25, -0.2) is 0 Å². The fourth-order valence-corrected chi connectivity index (χ4v) is 6.72. The summed E-state index contributed by atoms with van der Waals surface area (Å²) in [6.07, 6.45) is 2.56. The Balaban J connectivity index is 1.78. The van der Waals surface area contributed by atoms with Gasteiger partial charge < -0.3 is 58.8 Å². The first kappa shape index (κ1) is 45.9. The molecule has 312 valence electrons. The Hall–Kier alpha value is -5.51. The molecule has 1 aromatic carbocycles. The number of nitrogens with one attached hydrogen (secondary N) is 6. The van der Waals surface area contributed by atoms with E-state index in [0.29, 0.717) is 31.4 Å². The maximum absolute atomic E-state index is 14.2. The zero-order valence-corrected chi connectivity index (χ0v) is 33.1. The molecule has 20 nitrogen and oxygen atoms in total. The van der Waals surface area contributed by atoms with E-state index in [0.717, 1.165) is 10.9 Å². The van der Waals surface area contributed by atoms with Crippen molar-refractivity contribution in [1.82, 2.24) is 36.5 Å². The Morgan fingerprint density at radius 1 is 0.930 bits per heavy atom. The van der Waals surface area contributed by atoms with Gasteiger partial charge in [0, 0.05) is 43.0 Å². The van der Waals surface area contributed by atoms with Crippen molar-refractivity contribution in [3.05, 3.63) is 36.0 Å². The maximum Gasteiger partial charge on any atom is 0.305 e. The molecule has 7 amide bonds. The third-order valence-corrected chi connectivity index (χ3v) is 9.69. The molecule has 13 N–H and O–H groups in total. The van der Waals surface area contributed by atoms with Crippen LogP contribution in [0.1, 0.15) is 50.5 Å². The number of hydrogen-bond donors (Lipinski definition) is 11. The number of unbranched alkanes of at least 4 members (excludes halogenated alkanes) is 1. The molecule has 5 atom stereocenters. The summed E-state index contributed by atoms with van der Waals surface area (Å²) in [4.78, 5) is 112. The molecule has 3 rings (SSSR count). The molecule has 22 heteroatoms. The van der Waals surface area contributed by atoms with Crippen molar-refractivity contribution in [3.63, 3.8) is 0 Å². The van der Waals surface area contributed by atoms with Gasteiger partial charge in [0.2, 0.25) is 41.4 Å². The second-order valence-corrected chi connectivity index (χ2v) is 14.2. The number of likely N-dealkylation sites (tertiary alicyclic amines) is 1. The van der Waals surface area contributed by atoms with Gasteiger partial charge in [0.15, 0.2) is 12.0 Å². The smallest absolute Gasteiger partial charge is 0.305 e. The second kappa shape index (κ2) is 22.9. The SMILES string of the molecule is NC(=O)[C@H](C[SH2+])NC(=O)[C@@H]1CCCN1C(=O)[C@H](Cc1c[nH]c2ccccc12)NC(=O)[C@H](CC(=O)O)NC(=O)CNC(=O)C(CCCCN=C(N)N)NC(=O)CCS. The van der Waals surface area contributed by atoms with Crippen molar-refractivity contribution >= 4 is 89.4 Å². The molecule has 1 unspecified atom stereocenters. The third kappa shape index (κ3) is 14.5. The molecule has 1 fully saturated rings. The number of aliphatic imine (C=N–C) groups is 1. The van der Waals surface area contributed by atoms with E-state index in [1.807, 2.05) is 18.2 Å². The van der Waals surface area contributed by atoms with Gasteiger partial charge in [-0.2, -0.15) is 12.6 Å². The van der Waals surface area contributed by atoms with Gasteiger partial charge in [0.05, 0.1) is 13.0 Å². The van der Waals surface area contributed by atoms with Gasteiger partial charge in [-0.3, -0.25) is 43.3 Å². The lowest BCUT2D eigenvalue weighted by molar-refractivity contribution is -0.143. The monoisotopic (exact) mass is 834 g/mol. The van der Waals surface area contributed by atoms with Crippen LogP contribution in [0, 0.1) is 0 Å². The van der Waals surface area contributed by atoms with Crippen LogP contribution in [0.25, 0.3) is 10.9 Å². The summed E-state index contributed by atoms with van der Waals surface area (Å²) in [5, 5.41) is 22.8. The highest BCUT2D eigenvalue weighted by molar-refractivity contribution is 7.80. The molecule has 1 aliphatic heterocycles. The Labute approximate surface area is 339 Å². The predicted molar refractivity (Wildman–Crippen MR) is 217 cm³/mol. The summed E-state index contributed by atoms with van der Waals surface area (Å²) in [5.74, 6) is -6.40. The number of amides is 7. The summed E-state index contributed by atoms with van der Waals surface area (Å²) in [6, 6.07) is 1.13. The molecule has 2 aromatic rings. The van der Waals surface area contributed by atoms with Gasteiger partial charge in [-0.1, -0.05) is 18.2 Å². The van der Waals surface area contributed by atoms with Crippen LogP contribution in [0.3, 0.4) is 0 Å². The highest BCUT2D eigenvalue weighted by atomic mass is 32.1. The van der Waals surface area contributed by atoms with Crippen molar-refractivity contribution in [2.24, 2.45) is 22.2 Å². The minimum absolute atomic E-state index is 0.0373. The minimum Gasteiger partial charge on any atom is -0.481 e. The number of rotatable bonds is 23. The van der Waals surface area contributed by atoms with Gasteiger partial charge >= 0.3 is 5.97 Å². The number of carbonyl (C=O) groups excluding carboxylic acids is 7. The molecule has 1 saturated heterocycles. The zero-order chi connectivity index (χ0) is 42.1. The molecule has 57 heavy (non-hydrogen) atoms. The van der Waals surface area contributed by atoms with E-state index < -0.39 is 90.5 Å². The van der Waals surface area contributed by atoms with Crippen molar-refractivity contribution in [2.45, 2.75) is 81.6 Å². The number of hydrogen-bond acceptors (Lipinski definition) is 10. The lowest BCUT2D eigenvalue weighted by Gasteiger charge is -2.30. The summed E-state index contributed by atoms with van der Waals surface area (Å²) >= 11 is 7.22. The maximum atomic E-state index is 14.2. The van der Waals surface area contributed by atoms with E-state index in [1.165, 1.54) is 4.90 Å². The first-order valence-corrected chi connectivity index (χ1v) is 19.6. The Morgan fingerprint density at radius 3 is 2.32 bits per heavy atom. The van der Waals surface area contributed by atoms with Crippen LogP contribution in [-0.2, 0) is 57.4 Å². The van der Waals surface area contributed by atoms with E-state index in [1.54, 1.807) is 12.3 Å². The Kier molecular flexibility index (Phi) is 18.4. The van der Waals surface area contributed by atoms with E-state index in [4.69, 9.17) is 17.2 Å². The first-order chi connectivity index (χ1) is 27.1. The minimum atomic E-state index is -1.70. The van der Waals surface area contributed by atoms with Crippen LogP contribution in [0.15, 0.2) is 35.5 Å². The molecule has 0 saturated carbocycles. The van der Waals surface area contributed by atoms with E-state index in [9.17, 15) is 43.5 Å². The largest absolute Gasteiger partial charge is 0.481 e. The molecule has 0 bridgehead atoms. The first-order valence-electron chi connectivity index (χ1n) is 18.3. The second-order valence-electron chi connectivity index (χ2n) is 13.3. The summed E-state index contributed by atoms with van der Waals surface area (Å²) in [6.45, 7) is -0.237. The number of benzene rings is 1. The van der Waals surface area contributed by atoms with Crippen molar-refractivity contribution < 1.29 is 43.5 Å². The third-order valence-electron chi connectivity index (χ3n) is 9.06. The number of nitrogens with two attached hydrogens (primary N) is 3. The van der Waals surface area contributed by atoms with E-state index in [2.05, 4.69) is 61.8 Å². The van der Waals surface area contributed by atoms with Crippen LogP contribution in [-0.4, -0.2) is 130 Å². The highest BCUT2D eigenvalue weighted by Gasteiger charge is 2.40. The van der Waals surface area contributed by atoms with Crippen molar-refractivity contribution in [1.29, 1.82) is 0 Å². The lowest BCUT2D eigenvalue weighted by Crippen LogP contribution is -2.59. The van der Waals surface area contributed by atoms with Crippen LogP contribution >= 0.6 is 12.6 Å². The van der Waals surface area contributed by atoms with Crippen molar-refractivity contribution in [2.75, 3.05) is 31.1 Å². The van der Waals surface area contributed by atoms with Gasteiger partial charge in [-0.05, 0) is 62.1 Å². The molecular weight excluding hydrogens is 783 g/mol. The predicted octanol–water partition coefficient (Wildman–Crippen LogP) is -3.51. The van der Waals surface area contributed by atoms with Gasteiger partial charge in [0.1, 0.15) is 29.9 Å². The molecule has 0 aliphatic carbocycles. The summed E-state index contributed by atoms with van der Waals surface area (Å²) in [7, 11) is 0. The fourth-order valence-electron chi connectivity index (χ4n) is 6.21. The van der Waals surface area contributed by atoms with E-state index >= 15 is 0 Å². The number of guanidine groups is 1. The number of fused-ring (bicyclic) bond motifs is 1. The quantitative estimate of drug-likeness (QED) is 0.0172. The number of para-hydroxylation sites is 1. The molecule has 2 heterocycles. The Morgan fingerprint density at radius 2 is 1.65 bits per heavy atom. The molecule has 0 radical (unpaired) electrons. The van der Waals surface area contributed by atoms with Crippen LogP contribution in [0.2, 0.25) is 0 Å². The highest BCUT2D eigenvalue weighted by Crippen LogP contribution is 2.23. The number of aromatic amines is 1. The number of carboxylic acids is 1. The van der Waals surface area contributed by atoms with E-state index in [-0.39, 0.29) is 49.7 Å². The number of nitrogens with zero attached hydrogens (tertiary/aromatic N) is 2. The number of primary amides is 1. The van der Waals surface area contributed by atoms with Crippen LogP contribution in [0.4, 0.5) is 0 Å². The topological polar surface area (TPSA) is 326 Å². The number of H-pyrrole nitrogens is 1. The normalized spacial score (nSPS) is 15.7. The molecular formula is C35H52N11O9S2+. The molecule has 1 aliphatic rings. The number of aliphatic carboxylic acids is 1. The summed E-state index contributed by atoms with van der Waals surface area (Å²) < 4.78 is 0. The number of carboxylic acid groups (broad SMARTS) is 1. The molecule has 0 spiro atoms. The van der Waals surface area contributed by atoms with Crippen LogP contribution < -0.4 is 43.8 Å². The number of aromatic nitrogens is 1. The zero-order valence-electron chi connectivity index (χ0n) is 31.3. The number of thiol groups is 1. The van der Waals surface area contributed by atoms with Gasteiger partial charge in [-0.15, -0.1) is 0 Å². The lowest BCUT2D eigenvalue weighted by atomic mass is 10.0. The standard InChI is InChI=1S/C35H51N11O9S2/c36-30(51)25(18-57)45-33(54)26-9-5-12-46(26)34(55)24(14-19-16-40-21-7-2-1-6-20(19)21)44-32(53)23(15-29(49)50)43-28(48)17-41-31(52)22(42-27(47)10-13-56)8-3-4-11-39-35(37)38/h1-2,6-7,16,22-26,40,56-57H,3-5,8-15,17-18H2,(H2,36,51)(H,41,52)(H,42,47)(H,43,48)(H,44,53)(H,45,54)(H,49,50)(H4,37,38,39)/p+1/t22?,23-,24-,25-,26-/m0/s1. The van der Waals surface area contributed by atoms with Crippen molar-refractivity contribution in [3.8, 4) is 0 Å². The fraction of sp³-hybridized carbons (Fsp3) is 0.514.